The van der Waals surface area contributed by atoms with E-state index in [1.54, 1.807) is 25.2 Å². The lowest BCUT2D eigenvalue weighted by Gasteiger charge is -2.10. The molecule has 0 saturated carbocycles. The van der Waals surface area contributed by atoms with Gasteiger partial charge in [-0.1, -0.05) is 46.5 Å². The fourth-order valence-corrected chi connectivity index (χ4v) is 0.915. The molecule has 0 saturated heterocycles. The van der Waals surface area contributed by atoms with Crippen LogP contribution in [0.2, 0.25) is 0 Å². The SMILES string of the molecule is C/C=C/C=C(\C=C/CC)C(F)(F)P. The fourth-order valence-electron chi connectivity index (χ4n) is 0.722. The van der Waals surface area contributed by atoms with E-state index in [0.29, 0.717) is 0 Å². The van der Waals surface area contributed by atoms with Gasteiger partial charge in [-0.3, -0.25) is 0 Å². The Morgan fingerprint density at radius 2 is 2.08 bits per heavy atom. The van der Waals surface area contributed by atoms with Gasteiger partial charge in [0.05, 0.1) is 0 Å². The number of rotatable bonds is 4. The van der Waals surface area contributed by atoms with E-state index in [1.807, 2.05) is 6.92 Å². The van der Waals surface area contributed by atoms with Crippen LogP contribution in [0.5, 0.6) is 0 Å². The van der Waals surface area contributed by atoms with Crippen molar-refractivity contribution in [2.45, 2.75) is 25.9 Å². The molecular formula is C10H15F2P. The van der Waals surface area contributed by atoms with Crippen molar-refractivity contribution in [3.05, 3.63) is 36.0 Å². The number of hydrogen-bond donors (Lipinski definition) is 0. The maximum absolute atomic E-state index is 12.8. The lowest BCUT2D eigenvalue weighted by atomic mass is 10.2. The van der Waals surface area contributed by atoms with Crippen molar-refractivity contribution in [1.29, 1.82) is 0 Å². The van der Waals surface area contributed by atoms with Gasteiger partial charge in [0.1, 0.15) is 0 Å². The van der Waals surface area contributed by atoms with Crippen LogP contribution in [0.15, 0.2) is 36.0 Å². The van der Waals surface area contributed by atoms with Crippen LogP contribution < -0.4 is 0 Å². The number of halogens is 2. The molecule has 0 aromatic carbocycles. The minimum Gasteiger partial charge on any atom is -0.197 e. The zero-order valence-corrected chi connectivity index (χ0v) is 9.08. The lowest BCUT2D eigenvalue weighted by molar-refractivity contribution is 0.151. The van der Waals surface area contributed by atoms with Crippen LogP contribution in [0, 0.1) is 0 Å². The molecule has 0 aromatic rings. The molecule has 0 aliphatic rings. The van der Waals surface area contributed by atoms with Crippen LogP contribution in [-0.2, 0) is 0 Å². The van der Waals surface area contributed by atoms with Gasteiger partial charge in [0, 0.05) is 5.57 Å². The predicted octanol–water partition coefficient (Wildman–Crippen LogP) is 3.92. The van der Waals surface area contributed by atoms with E-state index < -0.39 is 5.66 Å². The van der Waals surface area contributed by atoms with E-state index in [2.05, 4.69) is 0 Å². The van der Waals surface area contributed by atoms with E-state index in [1.165, 1.54) is 21.4 Å². The van der Waals surface area contributed by atoms with Crippen molar-refractivity contribution in [3.8, 4) is 0 Å². The van der Waals surface area contributed by atoms with Crippen LogP contribution in [-0.4, -0.2) is 5.66 Å². The summed E-state index contributed by atoms with van der Waals surface area (Å²) < 4.78 is 25.7. The molecule has 0 radical (unpaired) electrons. The second-order valence-electron chi connectivity index (χ2n) is 2.58. The molecule has 3 heteroatoms. The zero-order valence-electron chi connectivity index (χ0n) is 7.93. The average molecular weight is 204 g/mol. The Balaban J connectivity index is 4.66. The molecule has 0 nitrogen and oxygen atoms in total. The van der Waals surface area contributed by atoms with Gasteiger partial charge in [-0.2, -0.15) is 8.78 Å². The molecule has 0 aliphatic heterocycles. The first-order valence-electron chi connectivity index (χ1n) is 4.19. The average Bonchev–Trinajstić information content (AvgIpc) is 2.02. The van der Waals surface area contributed by atoms with Crippen LogP contribution >= 0.6 is 9.24 Å². The molecule has 1 unspecified atom stereocenters. The summed E-state index contributed by atoms with van der Waals surface area (Å²) in [7, 11) is 1.53. The third-order valence-corrected chi connectivity index (χ3v) is 1.72. The second kappa shape index (κ2) is 6.04. The second-order valence-corrected chi connectivity index (χ2v) is 3.31. The number of allylic oxidation sites excluding steroid dienone is 6. The molecule has 0 spiro atoms. The van der Waals surface area contributed by atoms with E-state index in [-0.39, 0.29) is 5.57 Å². The van der Waals surface area contributed by atoms with Gasteiger partial charge < -0.3 is 0 Å². The predicted molar refractivity (Wildman–Crippen MR) is 57.0 cm³/mol. The summed E-state index contributed by atoms with van der Waals surface area (Å²) in [5.74, 6) is 0. The third kappa shape index (κ3) is 5.70. The summed E-state index contributed by atoms with van der Waals surface area (Å²) in [6.45, 7) is 3.70. The Morgan fingerprint density at radius 3 is 2.46 bits per heavy atom. The highest BCUT2D eigenvalue weighted by Gasteiger charge is 2.24. The molecular weight excluding hydrogens is 189 g/mol. The summed E-state index contributed by atoms with van der Waals surface area (Å²) >= 11 is 0. The van der Waals surface area contributed by atoms with Gasteiger partial charge in [0.2, 0.25) is 0 Å². The highest BCUT2D eigenvalue weighted by atomic mass is 31.0. The lowest BCUT2D eigenvalue weighted by Crippen LogP contribution is -2.06. The molecule has 0 heterocycles. The molecule has 0 rings (SSSR count). The summed E-state index contributed by atoms with van der Waals surface area (Å²) in [6.07, 6.45) is 8.66. The van der Waals surface area contributed by atoms with Crippen LogP contribution in [0.1, 0.15) is 20.3 Å². The van der Waals surface area contributed by atoms with Gasteiger partial charge in [0.25, 0.3) is 5.66 Å². The molecule has 0 aliphatic carbocycles. The molecule has 0 N–H and O–H groups in total. The Kier molecular flexibility index (Phi) is 5.81. The highest BCUT2D eigenvalue weighted by molar-refractivity contribution is 7.18. The van der Waals surface area contributed by atoms with Crippen LogP contribution in [0.3, 0.4) is 0 Å². The van der Waals surface area contributed by atoms with Crippen LogP contribution in [0.4, 0.5) is 8.78 Å². The van der Waals surface area contributed by atoms with E-state index in [9.17, 15) is 8.78 Å². The molecule has 0 fully saturated rings. The normalized spacial score (nSPS) is 14.7. The standard InChI is InChI=1S/C10H15F2P/c1-3-5-7-9(8-6-4-2)10(11,12)13/h3,5-8H,4,13H2,1-2H3/b5-3+,8-6-,9-7+. The van der Waals surface area contributed by atoms with Gasteiger partial charge in [-0.15, -0.1) is 0 Å². The maximum atomic E-state index is 12.8. The van der Waals surface area contributed by atoms with Crippen LogP contribution in [0.25, 0.3) is 0 Å². The minimum absolute atomic E-state index is 0.0115. The topological polar surface area (TPSA) is 0 Å². The van der Waals surface area contributed by atoms with Crippen molar-refractivity contribution in [2.24, 2.45) is 0 Å². The number of hydrogen-bond acceptors (Lipinski definition) is 0. The van der Waals surface area contributed by atoms with Crippen molar-refractivity contribution < 1.29 is 8.78 Å². The Labute approximate surface area is 80.6 Å². The summed E-state index contributed by atoms with van der Waals surface area (Å²) in [4.78, 5) is 0. The summed E-state index contributed by atoms with van der Waals surface area (Å²) in [5, 5.41) is 0. The van der Waals surface area contributed by atoms with Crippen molar-refractivity contribution >= 4 is 9.24 Å². The quantitative estimate of drug-likeness (QED) is 0.481. The van der Waals surface area contributed by atoms with Crippen molar-refractivity contribution in [3.63, 3.8) is 0 Å². The highest BCUT2D eigenvalue weighted by Crippen LogP contribution is 2.32. The van der Waals surface area contributed by atoms with Gasteiger partial charge in [0.15, 0.2) is 0 Å². The smallest absolute Gasteiger partial charge is 0.197 e. The molecule has 1 atom stereocenters. The Morgan fingerprint density at radius 1 is 1.46 bits per heavy atom. The summed E-state index contributed by atoms with van der Waals surface area (Å²) in [6, 6.07) is 0. The molecule has 74 valence electrons. The molecule has 0 amide bonds. The van der Waals surface area contributed by atoms with E-state index >= 15 is 0 Å². The summed E-state index contributed by atoms with van der Waals surface area (Å²) in [5.41, 5.74) is -2.83. The molecule has 13 heavy (non-hydrogen) atoms. The van der Waals surface area contributed by atoms with E-state index in [0.717, 1.165) is 6.42 Å². The zero-order chi connectivity index (χ0) is 10.3. The first-order valence-corrected chi connectivity index (χ1v) is 4.76. The maximum Gasteiger partial charge on any atom is 0.283 e. The number of alkyl halides is 2. The molecule has 0 bridgehead atoms. The largest absolute Gasteiger partial charge is 0.283 e. The van der Waals surface area contributed by atoms with Gasteiger partial charge >= 0.3 is 0 Å². The van der Waals surface area contributed by atoms with Gasteiger partial charge in [-0.25, -0.2) is 0 Å². The first-order chi connectivity index (χ1) is 6.02. The third-order valence-electron chi connectivity index (χ3n) is 1.39. The first kappa shape index (κ1) is 12.5. The Bertz CT molecular complexity index is 222. The van der Waals surface area contributed by atoms with Crippen molar-refractivity contribution in [2.75, 3.05) is 0 Å². The minimum atomic E-state index is -2.84. The van der Waals surface area contributed by atoms with Gasteiger partial charge in [-0.05, 0) is 13.3 Å². The van der Waals surface area contributed by atoms with E-state index in [4.69, 9.17) is 0 Å². The fraction of sp³-hybridized carbons (Fsp3) is 0.400. The Hall–Kier alpha value is -0.490. The van der Waals surface area contributed by atoms with Crippen molar-refractivity contribution in [1.82, 2.24) is 0 Å². The molecule has 0 aromatic heterocycles. The monoisotopic (exact) mass is 204 g/mol.